The lowest BCUT2D eigenvalue weighted by Gasteiger charge is -2.41. The SMILES string of the molecule is COc1c(C2CCOC2)ccc(CS(=O)(=O)C2CC3CCC2CC3)c1C(=O)O. The molecule has 3 aliphatic carbocycles. The number of aromatic carboxylic acids is 1. The molecule has 4 aliphatic rings. The topological polar surface area (TPSA) is 89.9 Å². The fourth-order valence-electron chi connectivity index (χ4n) is 5.40. The smallest absolute Gasteiger partial charge is 0.339 e. The third kappa shape index (κ3) is 3.54. The Kier molecular flexibility index (Phi) is 5.40. The summed E-state index contributed by atoms with van der Waals surface area (Å²) in [6.07, 6.45) is 5.74. The third-order valence-electron chi connectivity index (χ3n) is 6.86. The van der Waals surface area contributed by atoms with E-state index in [4.69, 9.17) is 9.47 Å². The van der Waals surface area contributed by atoms with Crippen LogP contribution in [0.3, 0.4) is 0 Å². The fourth-order valence-corrected chi connectivity index (χ4v) is 7.71. The van der Waals surface area contributed by atoms with Crippen molar-refractivity contribution >= 4 is 15.8 Å². The predicted octanol–water partition coefficient (Wildman–Crippen LogP) is 3.39. The molecule has 1 aromatic carbocycles. The summed E-state index contributed by atoms with van der Waals surface area (Å²) in [5.74, 6) is -0.301. The predicted molar refractivity (Wildman–Crippen MR) is 105 cm³/mol. The van der Waals surface area contributed by atoms with Crippen LogP contribution < -0.4 is 4.74 Å². The van der Waals surface area contributed by atoms with Crippen LogP contribution in [0, 0.1) is 11.8 Å². The molecule has 2 unspecified atom stereocenters. The van der Waals surface area contributed by atoms with Gasteiger partial charge >= 0.3 is 5.97 Å². The number of methoxy groups -OCH3 is 1. The van der Waals surface area contributed by atoms with E-state index in [1.54, 1.807) is 6.07 Å². The summed E-state index contributed by atoms with van der Waals surface area (Å²) >= 11 is 0. The van der Waals surface area contributed by atoms with Crippen LogP contribution in [0.1, 0.15) is 65.9 Å². The van der Waals surface area contributed by atoms with Crippen LogP contribution in [-0.4, -0.2) is 45.1 Å². The van der Waals surface area contributed by atoms with Crippen LogP contribution >= 0.6 is 0 Å². The monoisotopic (exact) mass is 408 g/mol. The number of carboxylic acids is 1. The average molecular weight is 409 g/mol. The summed E-state index contributed by atoms with van der Waals surface area (Å²) in [5, 5.41) is 9.51. The van der Waals surface area contributed by atoms with Crippen molar-refractivity contribution in [3.63, 3.8) is 0 Å². The number of hydrogen-bond acceptors (Lipinski definition) is 5. The van der Waals surface area contributed by atoms with E-state index in [1.165, 1.54) is 7.11 Å². The van der Waals surface area contributed by atoms with Crippen molar-refractivity contribution < 1.29 is 27.8 Å². The molecule has 1 heterocycles. The molecule has 2 bridgehead atoms. The molecule has 2 atom stereocenters. The Hall–Kier alpha value is -1.60. The van der Waals surface area contributed by atoms with Gasteiger partial charge in [-0.1, -0.05) is 25.0 Å². The van der Waals surface area contributed by atoms with E-state index >= 15 is 0 Å². The first-order chi connectivity index (χ1) is 13.4. The molecule has 4 fully saturated rings. The molecular formula is C21H28O6S. The summed E-state index contributed by atoms with van der Waals surface area (Å²) in [6, 6.07) is 3.49. The van der Waals surface area contributed by atoms with Gasteiger partial charge in [0.05, 0.1) is 24.7 Å². The molecule has 7 heteroatoms. The zero-order valence-corrected chi connectivity index (χ0v) is 17.0. The minimum absolute atomic E-state index is 0.0172. The van der Waals surface area contributed by atoms with Gasteiger partial charge in [0.2, 0.25) is 0 Å². The van der Waals surface area contributed by atoms with Gasteiger partial charge in [0, 0.05) is 18.1 Å². The van der Waals surface area contributed by atoms with Crippen molar-refractivity contribution in [2.24, 2.45) is 11.8 Å². The lowest BCUT2D eigenvalue weighted by atomic mass is 9.70. The second kappa shape index (κ2) is 7.67. The number of benzene rings is 1. The van der Waals surface area contributed by atoms with Gasteiger partial charge in [0.1, 0.15) is 11.3 Å². The van der Waals surface area contributed by atoms with Gasteiger partial charge in [-0.2, -0.15) is 0 Å². The summed E-state index contributed by atoms with van der Waals surface area (Å²) in [5.41, 5.74) is 1.10. The summed E-state index contributed by atoms with van der Waals surface area (Å²) < 4.78 is 37.3. The molecule has 5 rings (SSSR count). The van der Waals surface area contributed by atoms with Crippen molar-refractivity contribution in [2.75, 3.05) is 20.3 Å². The van der Waals surface area contributed by atoms with Gasteiger partial charge in [-0.25, -0.2) is 13.2 Å². The molecule has 0 amide bonds. The lowest BCUT2D eigenvalue weighted by Crippen LogP contribution is -2.41. The van der Waals surface area contributed by atoms with E-state index in [0.717, 1.165) is 44.1 Å². The van der Waals surface area contributed by atoms with E-state index < -0.39 is 15.8 Å². The zero-order valence-electron chi connectivity index (χ0n) is 16.2. The molecule has 3 saturated carbocycles. The molecule has 1 aromatic rings. The second-order valence-corrected chi connectivity index (χ2v) is 10.7. The highest BCUT2D eigenvalue weighted by molar-refractivity contribution is 7.91. The molecule has 6 nitrogen and oxygen atoms in total. The van der Waals surface area contributed by atoms with Crippen molar-refractivity contribution in [3.8, 4) is 5.75 Å². The molecule has 154 valence electrons. The van der Waals surface area contributed by atoms with E-state index in [9.17, 15) is 18.3 Å². The Morgan fingerprint density at radius 3 is 2.50 bits per heavy atom. The molecule has 0 aromatic heterocycles. The molecule has 0 spiro atoms. The number of sulfone groups is 1. The lowest BCUT2D eigenvalue weighted by molar-refractivity contribution is 0.0692. The Labute approximate surface area is 166 Å². The van der Waals surface area contributed by atoms with E-state index in [2.05, 4.69) is 0 Å². The first-order valence-electron chi connectivity index (χ1n) is 10.1. The maximum atomic E-state index is 13.2. The average Bonchev–Trinajstić information content (AvgIpc) is 3.22. The number of carboxylic acid groups (broad SMARTS) is 1. The Bertz CT molecular complexity index is 848. The highest BCUT2D eigenvalue weighted by Crippen LogP contribution is 2.45. The van der Waals surface area contributed by atoms with E-state index in [0.29, 0.717) is 24.7 Å². The van der Waals surface area contributed by atoms with Crippen molar-refractivity contribution in [3.05, 3.63) is 28.8 Å². The van der Waals surface area contributed by atoms with Crippen LogP contribution in [0.2, 0.25) is 0 Å². The quantitative estimate of drug-likeness (QED) is 0.776. The highest BCUT2D eigenvalue weighted by Gasteiger charge is 2.43. The largest absolute Gasteiger partial charge is 0.496 e. The van der Waals surface area contributed by atoms with Crippen LogP contribution in [-0.2, 0) is 20.3 Å². The van der Waals surface area contributed by atoms with Crippen LogP contribution in [0.5, 0.6) is 5.75 Å². The van der Waals surface area contributed by atoms with Gasteiger partial charge in [-0.3, -0.25) is 0 Å². The third-order valence-corrected chi connectivity index (χ3v) is 9.08. The standard InChI is InChI=1S/C21H28O6S/c1-26-20-17(15-8-9-27-11-15)7-6-16(19(20)21(22)23)12-28(24,25)18-10-13-2-4-14(18)5-3-13/h6-7,13-15,18H,2-5,8-12H2,1H3,(H,22,23). The first-order valence-corrected chi connectivity index (χ1v) is 11.8. The molecule has 0 radical (unpaired) electrons. The number of hydrogen-bond donors (Lipinski definition) is 1. The minimum atomic E-state index is -3.42. The van der Waals surface area contributed by atoms with Gasteiger partial charge in [-0.15, -0.1) is 0 Å². The molecular weight excluding hydrogens is 380 g/mol. The van der Waals surface area contributed by atoms with Crippen molar-refractivity contribution in [1.82, 2.24) is 0 Å². The Morgan fingerprint density at radius 2 is 1.96 bits per heavy atom. The van der Waals surface area contributed by atoms with Gasteiger partial charge in [-0.05, 0) is 43.1 Å². The molecule has 1 N–H and O–H groups in total. The summed E-state index contributed by atoms with van der Waals surface area (Å²) in [6.45, 7) is 1.16. The number of carbonyl (C=O) groups is 1. The Balaban J connectivity index is 1.68. The maximum Gasteiger partial charge on any atom is 0.339 e. The van der Waals surface area contributed by atoms with Gasteiger partial charge in [0.25, 0.3) is 0 Å². The minimum Gasteiger partial charge on any atom is -0.496 e. The molecule has 1 aliphatic heterocycles. The van der Waals surface area contributed by atoms with Gasteiger partial charge in [0.15, 0.2) is 9.84 Å². The molecule has 1 saturated heterocycles. The fraction of sp³-hybridized carbons (Fsp3) is 0.667. The van der Waals surface area contributed by atoms with Crippen molar-refractivity contribution in [1.29, 1.82) is 0 Å². The summed E-state index contributed by atoms with van der Waals surface area (Å²) in [4.78, 5) is 12.1. The maximum absolute atomic E-state index is 13.2. The van der Waals surface area contributed by atoms with Crippen LogP contribution in [0.25, 0.3) is 0 Å². The van der Waals surface area contributed by atoms with Gasteiger partial charge < -0.3 is 14.6 Å². The number of rotatable bonds is 6. The van der Waals surface area contributed by atoms with E-state index in [-0.39, 0.29) is 34.2 Å². The van der Waals surface area contributed by atoms with Crippen LogP contribution in [0.15, 0.2) is 12.1 Å². The summed E-state index contributed by atoms with van der Waals surface area (Å²) in [7, 11) is -1.98. The number of ether oxygens (including phenoxy) is 2. The second-order valence-electron chi connectivity index (χ2n) is 8.45. The molecule has 28 heavy (non-hydrogen) atoms. The normalized spacial score (nSPS) is 29.8. The first kappa shape index (κ1) is 19.7. The van der Waals surface area contributed by atoms with Crippen LogP contribution in [0.4, 0.5) is 0 Å². The van der Waals surface area contributed by atoms with E-state index in [1.807, 2.05) is 6.07 Å². The van der Waals surface area contributed by atoms with Crippen molar-refractivity contribution in [2.45, 2.75) is 55.4 Å². The zero-order chi connectivity index (χ0) is 19.9. The highest BCUT2D eigenvalue weighted by atomic mass is 32.2. The number of fused-ring (bicyclic) bond motifs is 3. The Morgan fingerprint density at radius 1 is 1.21 bits per heavy atom.